The fourth-order valence-corrected chi connectivity index (χ4v) is 2.79. The van der Waals surface area contributed by atoms with Gasteiger partial charge in [-0.25, -0.2) is 0 Å². The molecular weight excluding hydrogens is 238 g/mol. The monoisotopic (exact) mass is 257 g/mol. The van der Waals surface area contributed by atoms with E-state index >= 15 is 0 Å². The van der Waals surface area contributed by atoms with E-state index in [1.54, 1.807) is 0 Å². The van der Waals surface area contributed by atoms with Crippen molar-refractivity contribution in [3.63, 3.8) is 0 Å². The van der Waals surface area contributed by atoms with Crippen LogP contribution in [0.2, 0.25) is 0 Å². The summed E-state index contributed by atoms with van der Waals surface area (Å²) in [6.07, 6.45) is 3.74. The molecule has 1 amide bonds. The lowest BCUT2D eigenvalue weighted by Crippen LogP contribution is -2.41. The van der Waals surface area contributed by atoms with Gasteiger partial charge in [0.05, 0.1) is 0 Å². The zero-order valence-corrected chi connectivity index (χ0v) is 11.0. The van der Waals surface area contributed by atoms with Crippen molar-refractivity contribution < 1.29 is 9.59 Å². The van der Waals surface area contributed by atoms with Gasteiger partial charge in [-0.05, 0) is 25.7 Å². The van der Waals surface area contributed by atoms with Gasteiger partial charge in [0.1, 0.15) is 0 Å². The minimum atomic E-state index is 0.0886. The van der Waals surface area contributed by atoms with Crippen molar-refractivity contribution in [3.8, 4) is 0 Å². The molecule has 3 heteroatoms. The number of Topliss-reactive ketones (excluding diaryl/α,β-unsaturated/α-hetero) is 1. The first kappa shape index (κ1) is 12.4. The Balaban J connectivity index is 1.58. The highest BCUT2D eigenvalue weighted by Gasteiger charge is 2.35. The van der Waals surface area contributed by atoms with E-state index in [-0.39, 0.29) is 11.7 Å². The molecule has 0 bridgehead atoms. The highest BCUT2D eigenvalue weighted by molar-refractivity contribution is 5.98. The van der Waals surface area contributed by atoms with E-state index in [0.29, 0.717) is 11.8 Å². The van der Waals surface area contributed by atoms with Crippen LogP contribution < -0.4 is 0 Å². The molecule has 2 aliphatic rings. The fourth-order valence-electron chi connectivity index (χ4n) is 2.79. The summed E-state index contributed by atoms with van der Waals surface area (Å²) in [6, 6.07) is 9.49. The molecule has 0 N–H and O–H groups in total. The molecule has 0 spiro atoms. The normalized spacial score (nSPS) is 20.3. The van der Waals surface area contributed by atoms with Gasteiger partial charge < -0.3 is 4.90 Å². The number of benzene rings is 1. The van der Waals surface area contributed by atoms with Gasteiger partial charge in [0.25, 0.3) is 0 Å². The molecule has 100 valence electrons. The Kier molecular flexibility index (Phi) is 3.36. The maximum atomic E-state index is 12.3. The lowest BCUT2D eigenvalue weighted by Gasteiger charge is -2.31. The van der Waals surface area contributed by atoms with Crippen molar-refractivity contribution in [2.75, 3.05) is 13.1 Å². The van der Waals surface area contributed by atoms with Crippen LogP contribution in [0.5, 0.6) is 0 Å². The first-order valence-corrected chi connectivity index (χ1v) is 7.14. The molecule has 1 aromatic rings. The zero-order chi connectivity index (χ0) is 13.2. The molecule has 1 aliphatic carbocycles. The number of likely N-dealkylation sites (tertiary alicyclic amines) is 1. The quantitative estimate of drug-likeness (QED) is 0.780. The molecule has 1 aliphatic heterocycles. The summed E-state index contributed by atoms with van der Waals surface area (Å²) < 4.78 is 0. The zero-order valence-electron chi connectivity index (χ0n) is 11.0. The minimum absolute atomic E-state index is 0.0886. The summed E-state index contributed by atoms with van der Waals surface area (Å²) in [5.41, 5.74) is 0.800. The number of ketones is 1. The van der Waals surface area contributed by atoms with Gasteiger partial charge in [-0.1, -0.05) is 30.3 Å². The molecule has 1 saturated heterocycles. The lowest BCUT2D eigenvalue weighted by molar-refractivity contribution is -0.133. The van der Waals surface area contributed by atoms with E-state index in [0.717, 1.165) is 44.3 Å². The van der Waals surface area contributed by atoms with Crippen molar-refractivity contribution in [2.24, 2.45) is 11.8 Å². The predicted molar refractivity (Wildman–Crippen MR) is 72.8 cm³/mol. The summed E-state index contributed by atoms with van der Waals surface area (Å²) >= 11 is 0. The fraction of sp³-hybridized carbons (Fsp3) is 0.500. The standard InChI is InChI=1S/C16H19NO2/c18-15(12-4-2-1-3-5-12)13-8-10-17(11-9-13)16(19)14-6-7-14/h1-5,13-14H,6-11H2. The van der Waals surface area contributed by atoms with Crippen molar-refractivity contribution in [1.82, 2.24) is 4.90 Å². The van der Waals surface area contributed by atoms with E-state index < -0.39 is 0 Å². The van der Waals surface area contributed by atoms with Crippen molar-refractivity contribution in [2.45, 2.75) is 25.7 Å². The second kappa shape index (κ2) is 5.16. The number of carbonyl (C=O) groups is 2. The average Bonchev–Trinajstić information content (AvgIpc) is 3.31. The van der Waals surface area contributed by atoms with E-state index in [1.165, 1.54) is 0 Å². The number of amides is 1. The third-order valence-electron chi connectivity index (χ3n) is 4.16. The Hall–Kier alpha value is -1.64. The number of carbonyl (C=O) groups excluding carboxylic acids is 2. The van der Waals surface area contributed by atoms with Crippen LogP contribution in [-0.2, 0) is 4.79 Å². The van der Waals surface area contributed by atoms with E-state index in [9.17, 15) is 9.59 Å². The molecule has 1 heterocycles. The van der Waals surface area contributed by atoms with Crippen LogP contribution >= 0.6 is 0 Å². The van der Waals surface area contributed by atoms with E-state index in [2.05, 4.69) is 0 Å². The van der Waals surface area contributed by atoms with Crippen LogP contribution in [-0.4, -0.2) is 29.7 Å². The Labute approximate surface area is 113 Å². The maximum Gasteiger partial charge on any atom is 0.225 e. The smallest absolute Gasteiger partial charge is 0.225 e. The van der Waals surface area contributed by atoms with Gasteiger partial charge >= 0.3 is 0 Å². The van der Waals surface area contributed by atoms with Gasteiger partial charge in [0, 0.05) is 30.5 Å². The summed E-state index contributed by atoms with van der Waals surface area (Å²) in [5, 5.41) is 0. The Morgan fingerprint density at radius 3 is 2.11 bits per heavy atom. The Morgan fingerprint density at radius 1 is 0.895 bits per heavy atom. The second-order valence-electron chi connectivity index (χ2n) is 5.60. The first-order chi connectivity index (χ1) is 9.25. The molecule has 1 saturated carbocycles. The molecule has 0 atom stereocenters. The van der Waals surface area contributed by atoms with Crippen LogP contribution in [0.1, 0.15) is 36.0 Å². The third-order valence-corrected chi connectivity index (χ3v) is 4.16. The lowest BCUT2D eigenvalue weighted by atomic mass is 9.89. The largest absolute Gasteiger partial charge is 0.342 e. The van der Waals surface area contributed by atoms with Crippen LogP contribution in [0.25, 0.3) is 0 Å². The van der Waals surface area contributed by atoms with Crippen LogP contribution in [0.4, 0.5) is 0 Å². The number of piperidine rings is 1. The van der Waals surface area contributed by atoms with E-state index in [1.807, 2.05) is 35.2 Å². The minimum Gasteiger partial charge on any atom is -0.342 e. The molecule has 19 heavy (non-hydrogen) atoms. The van der Waals surface area contributed by atoms with E-state index in [4.69, 9.17) is 0 Å². The molecular formula is C16H19NO2. The van der Waals surface area contributed by atoms with Crippen LogP contribution in [0, 0.1) is 11.8 Å². The first-order valence-electron chi connectivity index (χ1n) is 7.14. The molecule has 3 nitrogen and oxygen atoms in total. The maximum absolute atomic E-state index is 12.3. The Morgan fingerprint density at radius 2 is 1.53 bits per heavy atom. The summed E-state index contributed by atoms with van der Waals surface area (Å²) in [4.78, 5) is 26.2. The summed E-state index contributed by atoms with van der Waals surface area (Å²) in [6.45, 7) is 1.50. The topological polar surface area (TPSA) is 37.4 Å². The number of nitrogens with zero attached hydrogens (tertiary/aromatic N) is 1. The SMILES string of the molecule is O=C(c1ccccc1)C1CCN(C(=O)C2CC2)CC1. The molecule has 0 unspecified atom stereocenters. The number of rotatable bonds is 3. The predicted octanol–water partition coefficient (Wildman–Crippen LogP) is 2.52. The van der Waals surface area contributed by atoms with Crippen LogP contribution in [0.15, 0.2) is 30.3 Å². The van der Waals surface area contributed by atoms with Gasteiger partial charge in [0.2, 0.25) is 5.91 Å². The van der Waals surface area contributed by atoms with Gasteiger partial charge in [-0.15, -0.1) is 0 Å². The number of hydrogen-bond acceptors (Lipinski definition) is 2. The molecule has 1 aromatic carbocycles. The van der Waals surface area contributed by atoms with Gasteiger partial charge in [0.15, 0.2) is 5.78 Å². The van der Waals surface area contributed by atoms with Crippen molar-refractivity contribution in [3.05, 3.63) is 35.9 Å². The Bertz CT molecular complexity index is 471. The molecule has 0 aromatic heterocycles. The van der Waals surface area contributed by atoms with Gasteiger partial charge in [-0.2, -0.15) is 0 Å². The highest BCUT2D eigenvalue weighted by atomic mass is 16.2. The second-order valence-corrected chi connectivity index (χ2v) is 5.60. The highest BCUT2D eigenvalue weighted by Crippen LogP contribution is 2.32. The summed E-state index contributed by atoms with van der Waals surface area (Å²) in [5.74, 6) is 0.928. The summed E-state index contributed by atoms with van der Waals surface area (Å²) in [7, 11) is 0. The van der Waals surface area contributed by atoms with Gasteiger partial charge in [-0.3, -0.25) is 9.59 Å². The third kappa shape index (κ3) is 2.70. The van der Waals surface area contributed by atoms with Crippen molar-refractivity contribution >= 4 is 11.7 Å². The molecule has 2 fully saturated rings. The van der Waals surface area contributed by atoms with Crippen molar-refractivity contribution in [1.29, 1.82) is 0 Å². The number of hydrogen-bond donors (Lipinski definition) is 0. The molecule has 3 rings (SSSR count). The van der Waals surface area contributed by atoms with Crippen LogP contribution in [0.3, 0.4) is 0 Å². The molecule has 0 radical (unpaired) electrons. The average molecular weight is 257 g/mol.